The van der Waals surface area contributed by atoms with Gasteiger partial charge < -0.3 is 16.0 Å². The van der Waals surface area contributed by atoms with Crippen molar-refractivity contribution in [1.82, 2.24) is 10.2 Å². The molecule has 1 saturated heterocycles. The van der Waals surface area contributed by atoms with Crippen LogP contribution in [0.3, 0.4) is 0 Å². The van der Waals surface area contributed by atoms with Crippen molar-refractivity contribution in [3.05, 3.63) is 29.8 Å². The molecule has 0 aromatic heterocycles. The van der Waals surface area contributed by atoms with Crippen LogP contribution in [0.4, 0.5) is 0 Å². The third kappa shape index (κ3) is 2.84. The fourth-order valence-corrected chi connectivity index (χ4v) is 4.20. The van der Waals surface area contributed by atoms with Crippen molar-refractivity contribution >= 4 is 21.8 Å². The molecule has 1 aromatic carbocycles. The molecule has 0 aliphatic carbocycles. The third-order valence-corrected chi connectivity index (χ3v) is 5.51. The molecule has 1 unspecified atom stereocenters. The van der Waals surface area contributed by atoms with Gasteiger partial charge >= 0.3 is 0 Å². The van der Waals surface area contributed by atoms with E-state index in [9.17, 15) is 13.2 Å². The number of hydrogen-bond donors (Lipinski definition) is 2. The zero-order valence-electron chi connectivity index (χ0n) is 12.9. The van der Waals surface area contributed by atoms with Gasteiger partial charge in [0, 0.05) is 24.7 Å². The van der Waals surface area contributed by atoms with E-state index in [1.165, 1.54) is 0 Å². The van der Waals surface area contributed by atoms with Crippen LogP contribution in [0.1, 0.15) is 25.3 Å². The second-order valence-corrected chi connectivity index (χ2v) is 7.46. The Morgan fingerprint density at radius 2 is 2.22 bits per heavy atom. The minimum absolute atomic E-state index is 0.119. The highest BCUT2D eigenvalue weighted by atomic mass is 32.2. The lowest BCUT2D eigenvalue weighted by atomic mass is 10.1. The van der Waals surface area contributed by atoms with E-state index in [4.69, 9.17) is 5.73 Å². The van der Waals surface area contributed by atoms with E-state index in [1.54, 1.807) is 29.2 Å². The van der Waals surface area contributed by atoms with Crippen molar-refractivity contribution < 1.29 is 13.2 Å². The first-order chi connectivity index (χ1) is 10.9. The second kappa shape index (κ2) is 5.93. The number of nitrogens with one attached hydrogen (secondary N) is 1. The molecule has 2 aliphatic heterocycles. The number of nitrogens with two attached hydrogens (primary N) is 1. The largest absolute Gasteiger partial charge is 0.351 e. The molecular formula is C15H20N4O3S. The van der Waals surface area contributed by atoms with Crippen LogP contribution in [0.2, 0.25) is 0 Å². The highest BCUT2D eigenvalue weighted by molar-refractivity contribution is 7.90. The van der Waals surface area contributed by atoms with E-state index in [-0.39, 0.29) is 16.8 Å². The van der Waals surface area contributed by atoms with Crippen LogP contribution < -0.4 is 11.1 Å². The third-order valence-electron chi connectivity index (χ3n) is 4.18. The summed E-state index contributed by atoms with van der Waals surface area (Å²) in [5, 5.41) is 2.86. The van der Waals surface area contributed by atoms with Gasteiger partial charge in [-0.25, -0.2) is 0 Å². The fraction of sp³-hybridized carbons (Fsp3) is 0.467. The van der Waals surface area contributed by atoms with Crippen molar-refractivity contribution in [1.29, 1.82) is 0 Å². The van der Waals surface area contributed by atoms with Crippen LogP contribution in [0, 0.1) is 0 Å². The minimum Gasteiger partial charge on any atom is -0.351 e. The smallest absolute Gasteiger partial charge is 0.285 e. The van der Waals surface area contributed by atoms with E-state index in [2.05, 4.69) is 9.71 Å². The summed E-state index contributed by atoms with van der Waals surface area (Å²) in [7, 11) is -3.67. The monoisotopic (exact) mass is 336 g/mol. The first-order valence-electron chi connectivity index (χ1n) is 7.65. The summed E-state index contributed by atoms with van der Waals surface area (Å²) in [4.78, 5) is 14.4. The van der Waals surface area contributed by atoms with Crippen LogP contribution in [0.5, 0.6) is 0 Å². The maximum absolute atomic E-state index is 12.4. The number of amidine groups is 1. The summed E-state index contributed by atoms with van der Waals surface area (Å²) in [6.07, 6.45) is 1.49. The quantitative estimate of drug-likeness (QED) is 0.812. The maximum atomic E-state index is 12.4. The summed E-state index contributed by atoms with van der Waals surface area (Å²) in [5.41, 5.74) is 6.11. The molecule has 3 rings (SSSR count). The SMILES string of the molecule is C[C@@H](CN)NC(=O)C1CCCN1C1=NS(=O)(=O)c2ccccc21. The van der Waals surface area contributed by atoms with Gasteiger partial charge in [0.2, 0.25) is 5.91 Å². The average Bonchev–Trinajstić information content (AvgIpc) is 3.10. The highest BCUT2D eigenvalue weighted by Gasteiger charge is 2.39. The van der Waals surface area contributed by atoms with Crippen molar-refractivity contribution in [2.45, 2.75) is 36.7 Å². The van der Waals surface area contributed by atoms with Gasteiger partial charge in [0.25, 0.3) is 10.0 Å². The first kappa shape index (κ1) is 15.9. The standard InChI is InChI=1S/C15H20N4O3S/c1-10(9-16)17-15(20)12-6-4-8-19(12)14-11-5-2-3-7-13(11)23(21,22)18-14/h2-3,5,7,10,12H,4,6,8-9,16H2,1H3,(H,17,20)/t10-,12?/m0/s1. The maximum Gasteiger partial charge on any atom is 0.285 e. The van der Waals surface area contributed by atoms with E-state index in [1.807, 2.05) is 6.92 Å². The lowest BCUT2D eigenvalue weighted by molar-refractivity contribution is -0.124. The van der Waals surface area contributed by atoms with Gasteiger partial charge in [0.05, 0.1) is 0 Å². The van der Waals surface area contributed by atoms with Crippen molar-refractivity contribution in [2.75, 3.05) is 13.1 Å². The molecule has 2 aliphatic rings. The number of sulfonamides is 1. The summed E-state index contributed by atoms with van der Waals surface area (Å²) in [5.74, 6) is 0.239. The number of fused-ring (bicyclic) bond motifs is 1. The number of rotatable bonds is 3. The predicted molar refractivity (Wildman–Crippen MR) is 86.6 cm³/mol. The van der Waals surface area contributed by atoms with Gasteiger partial charge in [0.1, 0.15) is 10.9 Å². The number of likely N-dealkylation sites (tertiary alicyclic amines) is 1. The fourth-order valence-electron chi connectivity index (χ4n) is 2.99. The Morgan fingerprint density at radius 3 is 2.96 bits per heavy atom. The summed E-state index contributed by atoms with van der Waals surface area (Å²) in [6.45, 7) is 2.80. The molecule has 0 spiro atoms. The molecule has 2 heterocycles. The van der Waals surface area contributed by atoms with Gasteiger partial charge in [-0.1, -0.05) is 12.1 Å². The topological polar surface area (TPSA) is 105 Å². The summed E-state index contributed by atoms with van der Waals surface area (Å²) < 4.78 is 28.3. The summed E-state index contributed by atoms with van der Waals surface area (Å²) >= 11 is 0. The Balaban J connectivity index is 1.91. The van der Waals surface area contributed by atoms with Crippen molar-refractivity contribution in [3.8, 4) is 0 Å². The molecular weight excluding hydrogens is 316 g/mol. The second-order valence-electron chi connectivity index (χ2n) is 5.88. The van der Waals surface area contributed by atoms with Crippen LogP contribution >= 0.6 is 0 Å². The Kier molecular flexibility index (Phi) is 4.11. The van der Waals surface area contributed by atoms with Gasteiger partial charge in [-0.3, -0.25) is 4.79 Å². The molecule has 8 heteroatoms. The molecule has 7 nitrogen and oxygen atoms in total. The molecule has 23 heavy (non-hydrogen) atoms. The molecule has 1 fully saturated rings. The molecule has 124 valence electrons. The van der Waals surface area contributed by atoms with Gasteiger partial charge in [0.15, 0.2) is 5.84 Å². The zero-order chi connectivity index (χ0) is 16.6. The van der Waals surface area contributed by atoms with Crippen molar-refractivity contribution in [2.24, 2.45) is 10.1 Å². The van der Waals surface area contributed by atoms with Crippen LogP contribution in [0.25, 0.3) is 0 Å². The van der Waals surface area contributed by atoms with Gasteiger partial charge in [-0.15, -0.1) is 4.40 Å². The van der Waals surface area contributed by atoms with E-state index in [0.717, 1.165) is 6.42 Å². The van der Waals surface area contributed by atoms with Crippen molar-refractivity contribution in [3.63, 3.8) is 0 Å². The van der Waals surface area contributed by atoms with Crippen LogP contribution in [-0.2, 0) is 14.8 Å². The Morgan fingerprint density at radius 1 is 1.48 bits per heavy atom. The minimum atomic E-state index is -3.67. The number of benzene rings is 1. The van der Waals surface area contributed by atoms with Gasteiger partial charge in [-0.05, 0) is 31.9 Å². The number of hydrogen-bond acceptors (Lipinski definition) is 5. The average molecular weight is 336 g/mol. The normalized spacial score (nSPS) is 23.3. The molecule has 1 aromatic rings. The number of carbonyl (C=O) groups excluding carboxylic acids is 1. The first-order valence-corrected chi connectivity index (χ1v) is 9.09. The zero-order valence-corrected chi connectivity index (χ0v) is 13.7. The lowest BCUT2D eigenvalue weighted by Crippen LogP contribution is -2.49. The van der Waals surface area contributed by atoms with E-state index < -0.39 is 16.1 Å². The Hall–Kier alpha value is -1.93. The Bertz CT molecular complexity index is 760. The highest BCUT2D eigenvalue weighted by Crippen LogP contribution is 2.31. The number of amides is 1. The molecule has 3 N–H and O–H groups in total. The predicted octanol–water partition coefficient (Wildman–Crippen LogP) is 0.0633. The molecule has 0 radical (unpaired) electrons. The van der Waals surface area contributed by atoms with Gasteiger partial charge in [-0.2, -0.15) is 8.42 Å². The van der Waals surface area contributed by atoms with Crippen LogP contribution in [-0.4, -0.2) is 50.2 Å². The van der Waals surface area contributed by atoms with Crippen LogP contribution in [0.15, 0.2) is 33.6 Å². The lowest BCUT2D eigenvalue weighted by Gasteiger charge is -2.26. The molecule has 0 bridgehead atoms. The van der Waals surface area contributed by atoms with E-state index >= 15 is 0 Å². The number of nitrogens with zero attached hydrogens (tertiary/aromatic N) is 2. The number of carbonyl (C=O) groups is 1. The Labute approximate surface area is 135 Å². The summed E-state index contributed by atoms with van der Waals surface area (Å²) in [6, 6.07) is 6.19. The van der Waals surface area contributed by atoms with E-state index in [0.29, 0.717) is 30.9 Å². The molecule has 0 saturated carbocycles. The molecule has 1 amide bonds. The molecule has 2 atom stereocenters.